The molecule has 11 rings (SSSR count). The van der Waals surface area contributed by atoms with E-state index in [0.29, 0.717) is 54.5 Å². The van der Waals surface area contributed by atoms with Crippen molar-refractivity contribution >= 4 is 45.9 Å². The second-order valence-corrected chi connectivity index (χ2v) is 18.3. The number of hydrogen-bond donors (Lipinski definition) is 2. The lowest BCUT2D eigenvalue weighted by atomic mass is 9.85. The minimum Gasteiger partial charge on any atom is -0.378 e. The monoisotopic (exact) mass is 892 g/mol. The van der Waals surface area contributed by atoms with E-state index >= 15 is 0 Å². The predicted molar refractivity (Wildman–Crippen MR) is 232 cm³/mol. The number of benzene rings is 1. The summed E-state index contributed by atoms with van der Waals surface area (Å²) in [6, 6.07) is 7.20. The van der Waals surface area contributed by atoms with Gasteiger partial charge in [0.25, 0.3) is 12.3 Å². The Hall–Kier alpha value is -6.01. The number of nitrogens with zero attached hydrogens (tertiary/aromatic N) is 10. The topological polar surface area (TPSA) is 178 Å². The van der Waals surface area contributed by atoms with Crippen LogP contribution in [0.4, 0.5) is 20.3 Å². The number of aromatic nitrogens is 7. The summed E-state index contributed by atoms with van der Waals surface area (Å²) >= 11 is 0. The van der Waals surface area contributed by atoms with Crippen molar-refractivity contribution in [3.8, 4) is 11.8 Å². The molecule has 4 aromatic heterocycles. The standard InChI is InChI=1S/C45H50F2N12O6/c1-53-40-27(4-2-6-35(40)59(45(53)63)36-11-12-38(60)51-44(36)62)5-3-14-54-19-30-23-64-24-31(20-54)55(30)18-26-7-9-28(10-8-26)58-22-34(39(52-58)41(46)47)49-43(61)33-17-48-57-15-13-37(50-42(33)57)56-21-32-16-29(56)25-65-32/h2,4,6,13,15,17,22,26,28-32,36,41H,7-12,14,16,18-21,23-25H2,1H3,(H,49,61)(H,51,60,62)/t26?,28?,29-,30?,31?,32-,36?/m1/s1. The smallest absolute Gasteiger partial charge is 0.329 e. The summed E-state index contributed by atoms with van der Waals surface area (Å²) in [6.07, 6.45) is 6.78. The van der Waals surface area contributed by atoms with Crippen LogP contribution in [0.5, 0.6) is 0 Å². The highest BCUT2D eigenvalue weighted by molar-refractivity contribution is 6.08. The highest BCUT2D eigenvalue weighted by Crippen LogP contribution is 2.37. The number of alkyl halides is 2. The summed E-state index contributed by atoms with van der Waals surface area (Å²) in [5.41, 5.74) is 1.69. The van der Waals surface area contributed by atoms with Gasteiger partial charge in [-0.3, -0.25) is 43.3 Å². The molecule has 5 aliphatic heterocycles. The molecule has 6 aliphatic rings. The first-order valence-electron chi connectivity index (χ1n) is 22.6. The van der Waals surface area contributed by atoms with Gasteiger partial charge in [-0.25, -0.2) is 23.1 Å². The molecule has 65 heavy (non-hydrogen) atoms. The second-order valence-electron chi connectivity index (χ2n) is 18.3. The van der Waals surface area contributed by atoms with Gasteiger partial charge in [0, 0.05) is 64.1 Å². The molecule has 0 radical (unpaired) electrons. The lowest BCUT2D eigenvalue weighted by Crippen LogP contribution is -2.65. The fourth-order valence-corrected chi connectivity index (χ4v) is 11.0. The number of amides is 3. The maximum absolute atomic E-state index is 14.4. The molecular weight excluding hydrogens is 843 g/mol. The van der Waals surface area contributed by atoms with E-state index in [9.17, 15) is 28.0 Å². The molecule has 6 fully saturated rings. The largest absolute Gasteiger partial charge is 0.378 e. The molecule has 20 heteroatoms. The van der Waals surface area contributed by atoms with Gasteiger partial charge >= 0.3 is 5.69 Å². The van der Waals surface area contributed by atoms with Gasteiger partial charge in [-0.05, 0) is 62.6 Å². The zero-order chi connectivity index (χ0) is 44.5. The minimum atomic E-state index is -2.88. The number of anilines is 2. The number of carbonyl (C=O) groups excluding carboxylic acids is 3. The van der Waals surface area contributed by atoms with E-state index in [4.69, 9.17) is 14.5 Å². The van der Waals surface area contributed by atoms with E-state index in [-0.39, 0.29) is 66.0 Å². The third kappa shape index (κ3) is 7.67. The molecule has 4 bridgehead atoms. The lowest BCUT2D eigenvalue weighted by Gasteiger charge is -2.50. The molecule has 5 aromatic rings. The van der Waals surface area contributed by atoms with Crippen molar-refractivity contribution in [1.29, 1.82) is 0 Å². The molecule has 3 unspecified atom stereocenters. The Balaban J connectivity index is 0.710. The zero-order valence-corrected chi connectivity index (χ0v) is 35.9. The van der Waals surface area contributed by atoms with Crippen molar-refractivity contribution in [1.82, 2.24) is 48.6 Å². The van der Waals surface area contributed by atoms with E-state index in [1.54, 1.807) is 24.1 Å². The molecule has 18 nitrogen and oxygen atoms in total. The van der Waals surface area contributed by atoms with E-state index in [1.807, 2.05) is 24.3 Å². The number of para-hydroxylation sites is 1. The van der Waals surface area contributed by atoms with Gasteiger partial charge in [0.1, 0.15) is 17.4 Å². The van der Waals surface area contributed by atoms with Gasteiger partial charge in [0.05, 0.1) is 73.0 Å². The molecule has 1 aromatic carbocycles. The van der Waals surface area contributed by atoms with Crippen molar-refractivity contribution in [2.24, 2.45) is 13.0 Å². The molecule has 5 atom stereocenters. The predicted octanol–water partition coefficient (Wildman–Crippen LogP) is 2.89. The maximum atomic E-state index is 14.4. The summed E-state index contributed by atoms with van der Waals surface area (Å²) in [7, 11) is 1.68. The average molecular weight is 893 g/mol. The molecule has 5 saturated heterocycles. The third-order valence-corrected chi connectivity index (χ3v) is 14.3. The summed E-state index contributed by atoms with van der Waals surface area (Å²) in [4.78, 5) is 63.3. The number of hydrogen-bond acceptors (Lipinski definition) is 12. The Bertz CT molecular complexity index is 2800. The molecular formula is C45H50F2N12O6. The quantitative estimate of drug-likeness (QED) is 0.164. The van der Waals surface area contributed by atoms with Crippen molar-refractivity contribution < 1.29 is 32.6 Å². The molecule has 9 heterocycles. The van der Waals surface area contributed by atoms with E-state index in [2.05, 4.69) is 47.4 Å². The summed E-state index contributed by atoms with van der Waals surface area (Å²) in [6.45, 7) is 5.70. The Morgan fingerprint density at radius 2 is 1.82 bits per heavy atom. The average Bonchev–Trinajstić information content (AvgIpc) is 4.14. The van der Waals surface area contributed by atoms with Crippen LogP contribution in [0.3, 0.4) is 0 Å². The molecule has 1 saturated carbocycles. The number of halogens is 2. The maximum Gasteiger partial charge on any atom is 0.329 e. The number of carbonyl (C=O) groups is 3. The minimum absolute atomic E-state index is 0.0152. The van der Waals surface area contributed by atoms with Gasteiger partial charge in [-0.1, -0.05) is 17.9 Å². The molecule has 3 amide bonds. The summed E-state index contributed by atoms with van der Waals surface area (Å²) in [5, 5.41) is 13.7. The van der Waals surface area contributed by atoms with Crippen LogP contribution in [0.15, 0.2) is 47.7 Å². The number of aryl methyl sites for hydroxylation is 1. The number of ether oxygens (including phenoxy) is 2. The lowest BCUT2D eigenvalue weighted by molar-refractivity contribution is -0.135. The van der Waals surface area contributed by atoms with Gasteiger partial charge in [0.2, 0.25) is 11.8 Å². The van der Waals surface area contributed by atoms with Gasteiger partial charge < -0.3 is 19.7 Å². The number of morpholine rings is 2. The van der Waals surface area contributed by atoms with Crippen molar-refractivity contribution in [3.63, 3.8) is 0 Å². The molecule has 340 valence electrons. The fourth-order valence-electron chi connectivity index (χ4n) is 11.0. The molecule has 2 N–H and O–H groups in total. The Kier molecular flexibility index (Phi) is 10.8. The van der Waals surface area contributed by atoms with Gasteiger partial charge in [0.15, 0.2) is 11.3 Å². The van der Waals surface area contributed by atoms with Crippen LogP contribution < -0.4 is 21.2 Å². The first-order chi connectivity index (χ1) is 31.6. The highest BCUT2D eigenvalue weighted by Gasteiger charge is 2.41. The van der Waals surface area contributed by atoms with Crippen LogP contribution in [0.25, 0.3) is 16.7 Å². The molecule has 0 spiro atoms. The summed E-state index contributed by atoms with van der Waals surface area (Å²) in [5.74, 6) is 6.43. The first kappa shape index (κ1) is 41.7. The van der Waals surface area contributed by atoms with Crippen LogP contribution in [-0.2, 0) is 26.1 Å². The Labute approximate surface area is 371 Å². The number of rotatable bonds is 9. The SMILES string of the molecule is Cn1c(=O)n(C2CCC(=O)NC2=O)c2cccc(C#CCN3CC4COCC(C3)N4CC3CCC(n4cc(NC(=O)c5cnn6ccc(N7C[C@H]8C[C@@H]7CO8)nc56)c(C(F)F)n4)CC3)c21. The van der Waals surface area contributed by atoms with Crippen molar-refractivity contribution in [2.45, 2.75) is 87.7 Å². The Morgan fingerprint density at radius 3 is 2.55 bits per heavy atom. The Morgan fingerprint density at radius 1 is 1.00 bits per heavy atom. The normalized spacial score (nSPS) is 27.1. The van der Waals surface area contributed by atoms with E-state index < -0.39 is 30.0 Å². The van der Waals surface area contributed by atoms with Crippen LogP contribution in [0.1, 0.15) is 85.1 Å². The first-order valence-corrected chi connectivity index (χ1v) is 22.6. The van der Waals surface area contributed by atoms with E-state index in [0.717, 1.165) is 64.1 Å². The van der Waals surface area contributed by atoms with Crippen molar-refractivity contribution in [2.75, 3.05) is 62.8 Å². The number of nitrogens with one attached hydrogen (secondary N) is 2. The van der Waals surface area contributed by atoms with Crippen LogP contribution in [-0.4, -0.2) is 138 Å². The van der Waals surface area contributed by atoms with Gasteiger partial charge in [-0.2, -0.15) is 10.2 Å². The third-order valence-electron chi connectivity index (χ3n) is 14.3. The highest BCUT2D eigenvalue weighted by atomic mass is 19.3. The number of piperidine rings is 1. The summed E-state index contributed by atoms with van der Waals surface area (Å²) < 4.78 is 46.7. The number of imidazole rings is 1. The molecule has 1 aliphatic carbocycles. The van der Waals surface area contributed by atoms with Crippen molar-refractivity contribution in [3.05, 3.63) is 70.2 Å². The number of fused-ring (bicyclic) bond motifs is 6. The van der Waals surface area contributed by atoms with E-state index in [1.165, 1.54) is 19.8 Å². The second kappa shape index (κ2) is 16.8. The van der Waals surface area contributed by atoms with Crippen LogP contribution in [0, 0.1) is 17.8 Å². The van der Waals surface area contributed by atoms with Crippen LogP contribution in [0.2, 0.25) is 0 Å². The number of piperazine rings is 1. The zero-order valence-electron chi connectivity index (χ0n) is 35.9. The number of imide groups is 1. The van der Waals surface area contributed by atoms with Gasteiger partial charge in [-0.15, -0.1) is 0 Å². The fraction of sp³-hybridized carbons (Fsp3) is 0.533. The van der Waals surface area contributed by atoms with Crippen LogP contribution >= 0.6 is 0 Å².